The highest BCUT2D eigenvalue weighted by molar-refractivity contribution is 6.01. The molecule has 5 nitrogen and oxygen atoms in total. The van der Waals surface area contributed by atoms with Crippen LogP contribution in [0.25, 0.3) is 0 Å². The van der Waals surface area contributed by atoms with Gasteiger partial charge in [-0.1, -0.05) is 0 Å². The second-order valence-electron chi connectivity index (χ2n) is 4.85. The van der Waals surface area contributed by atoms with Crippen LogP contribution in [-0.4, -0.2) is 46.7 Å². The average molecular weight is 229 g/mol. The molecule has 0 bridgehead atoms. The highest BCUT2D eigenvalue weighted by Gasteiger charge is 2.41. The normalized spacial score (nSPS) is 21.2. The second-order valence-corrected chi connectivity index (χ2v) is 4.85. The zero-order chi connectivity index (χ0) is 12.3. The molecule has 1 aliphatic heterocycles. The van der Waals surface area contributed by atoms with Gasteiger partial charge in [0, 0.05) is 19.7 Å². The number of likely N-dealkylation sites (tertiary alicyclic amines) is 1. The van der Waals surface area contributed by atoms with E-state index in [-0.39, 0.29) is 12.5 Å². The van der Waals surface area contributed by atoms with E-state index in [1.165, 1.54) is 13.8 Å². The summed E-state index contributed by atoms with van der Waals surface area (Å²) in [5.74, 6) is -1.12. The first-order valence-corrected chi connectivity index (χ1v) is 5.53. The number of amides is 1. The molecule has 2 N–H and O–H groups in total. The van der Waals surface area contributed by atoms with Gasteiger partial charge in [0.25, 0.3) is 0 Å². The summed E-state index contributed by atoms with van der Waals surface area (Å²) >= 11 is 0. The Kier molecular flexibility index (Phi) is 3.91. The molecular weight excluding hydrogens is 210 g/mol. The van der Waals surface area contributed by atoms with Gasteiger partial charge in [-0.15, -0.1) is 0 Å². The van der Waals surface area contributed by atoms with Crippen molar-refractivity contribution in [3.05, 3.63) is 0 Å². The molecule has 1 unspecified atom stereocenters. The van der Waals surface area contributed by atoms with Crippen molar-refractivity contribution >= 4 is 11.9 Å². The van der Waals surface area contributed by atoms with Crippen LogP contribution in [0.2, 0.25) is 0 Å². The third-order valence-electron chi connectivity index (χ3n) is 3.18. The monoisotopic (exact) mass is 229 g/mol. The van der Waals surface area contributed by atoms with Crippen LogP contribution in [0.3, 0.4) is 0 Å². The third-order valence-corrected chi connectivity index (χ3v) is 3.18. The average Bonchev–Trinajstić information content (AvgIpc) is 2.65. The molecule has 0 aromatic rings. The molecular formula is C11H19NO4. The highest BCUT2D eigenvalue weighted by atomic mass is 16.4. The maximum Gasteiger partial charge on any atom is 0.318 e. The summed E-state index contributed by atoms with van der Waals surface area (Å²) < 4.78 is 0. The SMILES string of the molecule is CC(C)(C(=O)O)C(=O)N1CCC(CCO)C1. The molecule has 1 amide bonds. The molecule has 0 aliphatic carbocycles. The lowest BCUT2D eigenvalue weighted by molar-refractivity contribution is -0.157. The third kappa shape index (κ3) is 2.52. The summed E-state index contributed by atoms with van der Waals surface area (Å²) in [6.45, 7) is 4.14. The Morgan fingerprint density at radius 1 is 1.44 bits per heavy atom. The predicted molar refractivity (Wildman–Crippen MR) is 57.8 cm³/mol. The molecule has 0 aromatic carbocycles. The maximum absolute atomic E-state index is 11.9. The number of nitrogens with zero attached hydrogens (tertiary/aromatic N) is 1. The summed E-state index contributed by atoms with van der Waals surface area (Å²) in [5.41, 5.74) is -1.35. The zero-order valence-electron chi connectivity index (χ0n) is 9.77. The van der Waals surface area contributed by atoms with Crippen LogP contribution in [0.1, 0.15) is 26.7 Å². The molecule has 5 heteroatoms. The first-order valence-electron chi connectivity index (χ1n) is 5.53. The van der Waals surface area contributed by atoms with E-state index in [0.717, 1.165) is 6.42 Å². The Morgan fingerprint density at radius 2 is 2.06 bits per heavy atom. The lowest BCUT2D eigenvalue weighted by atomic mass is 9.92. The number of hydrogen-bond donors (Lipinski definition) is 2. The van der Waals surface area contributed by atoms with E-state index >= 15 is 0 Å². The van der Waals surface area contributed by atoms with E-state index in [1.807, 2.05) is 0 Å². The van der Waals surface area contributed by atoms with Gasteiger partial charge in [0.1, 0.15) is 5.41 Å². The number of carbonyl (C=O) groups is 2. The molecule has 1 saturated heterocycles. The summed E-state index contributed by atoms with van der Waals surface area (Å²) in [6, 6.07) is 0. The van der Waals surface area contributed by atoms with Gasteiger partial charge >= 0.3 is 5.97 Å². The standard InChI is InChI=1S/C11H19NO4/c1-11(2,10(15)16)9(14)12-5-3-8(7-12)4-6-13/h8,13H,3-7H2,1-2H3,(H,15,16). The van der Waals surface area contributed by atoms with Crippen molar-refractivity contribution in [2.24, 2.45) is 11.3 Å². The van der Waals surface area contributed by atoms with Gasteiger partial charge in [0.15, 0.2) is 0 Å². The van der Waals surface area contributed by atoms with Crippen LogP contribution in [0.15, 0.2) is 0 Å². The predicted octanol–water partition coefficient (Wildman–Crippen LogP) is 0.328. The first-order chi connectivity index (χ1) is 7.39. The van der Waals surface area contributed by atoms with E-state index in [9.17, 15) is 9.59 Å². The number of carbonyl (C=O) groups excluding carboxylic acids is 1. The number of carboxylic acids is 1. The van der Waals surface area contributed by atoms with Gasteiger partial charge < -0.3 is 15.1 Å². The molecule has 92 valence electrons. The maximum atomic E-state index is 11.9. The fourth-order valence-electron chi connectivity index (χ4n) is 1.92. The number of aliphatic hydroxyl groups excluding tert-OH is 1. The Bertz CT molecular complexity index is 288. The van der Waals surface area contributed by atoms with Crippen LogP contribution in [0.5, 0.6) is 0 Å². The van der Waals surface area contributed by atoms with Gasteiger partial charge in [-0.2, -0.15) is 0 Å². The molecule has 0 radical (unpaired) electrons. The smallest absolute Gasteiger partial charge is 0.318 e. The lowest BCUT2D eigenvalue weighted by Gasteiger charge is -2.25. The largest absolute Gasteiger partial charge is 0.480 e. The quantitative estimate of drug-likeness (QED) is 0.681. The van der Waals surface area contributed by atoms with E-state index in [4.69, 9.17) is 10.2 Å². The van der Waals surface area contributed by atoms with E-state index in [1.54, 1.807) is 4.90 Å². The number of aliphatic hydroxyl groups is 1. The molecule has 1 heterocycles. The number of hydrogen-bond acceptors (Lipinski definition) is 3. The van der Waals surface area contributed by atoms with Crippen molar-refractivity contribution in [3.63, 3.8) is 0 Å². The fourth-order valence-corrected chi connectivity index (χ4v) is 1.92. The Labute approximate surface area is 95.1 Å². The Morgan fingerprint density at radius 3 is 2.56 bits per heavy atom. The second kappa shape index (κ2) is 4.82. The minimum atomic E-state index is -1.35. The molecule has 1 aliphatic rings. The van der Waals surface area contributed by atoms with Crippen LogP contribution in [0.4, 0.5) is 0 Å². The van der Waals surface area contributed by atoms with Gasteiger partial charge in [0.05, 0.1) is 0 Å². The summed E-state index contributed by atoms with van der Waals surface area (Å²) in [6.07, 6.45) is 1.53. The van der Waals surface area contributed by atoms with Crippen LogP contribution >= 0.6 is 0 Å². The van der Waals surface area contributed by atoms with Crippen LogP contribution in [0, 0.1) is 11.3 Å². The van der Waals surface area contributed by atoms with Crippen LogP contribution in [-0.2, 0) is 9.59 Å². The number of carboxylic acid groups (broad SMARTS) is 1. The van der Waals surface area contributed by atoms with E-state index in [0.29, 0.717) is 25.4 Å². The highest BCUT2D eigenvalue weighted by Crippen LogP contribution is 2.26. The van der Waals surface area contributed by atoms with Crippen molar-refractivity contribution in [3.8, 4) is 0 Å². The first kappa shape index (κ1) is 13.0. The summed E-state index contributed by atoms with van der Waals surface area (Å²) in [4.78, 5) is 24.5. The molecule has 1 rings (SSSR count). The molecule has 1 atom stereocenters. The number of aliphatic carboxylic acids is 1. The summed E-state index contributed by atoms with van der Waals surface area (Å²) in [7, 11) is 0. The topological polar surface area (TPSA) is 77.8 Å². The summed E-state index contributed by atoms with van der Waals surface area (Å²) in [5, 5.41) is 17.8. The van der Waals surface area contributed by atoms with Gasteiger partial charge in [-0.3, -0.25) is 9.59 Å². The molecule has 0 saturated carbocycles. The van der Waals surface area contributed by atoms with Gasteiger partial charge in [0.2, 0.25) is 5.91 Å². The Hall–Kier alpha value is -1.10. The van der Waals surface area contributed by atoms with Crippen molar-refractivity contribution in [2.45, 2.75) is 26.7 Å². The zero-order valence-corrected chi connectivity index (χ0v) is 9.77. The molecule has 0 aromatic heterocycles. The molecule has 16 heavy (non-hydrogen) atoms. The minimum Gasteiger partial charge on any atom is -0.480 e. The molecule has 1 fully saturated rings. The van der Waals surface area contributed by atoms with Crippen molar-refractivity contribution in [1.29, 1.82) is 0 Å². The van der Waals surface area contributed by atoms with Crippen molar-refractivity contribution < 1.29 is 19.8 Å². The van der Waals surface area contributed by atoms with Gasteiger partial charge in [-0.05, 0) is 32.6 Å². The number of rotatable bonds is 4. The lowest BCUT2D eigenvalue weighted by Crippen LogP contribution is -2.44. The fraction of sp³-hybridized carbons (Fsp3) is 0.818. The van der Waals surface area contributed by atoms with Crippen molar-refractivity contribution in [2.75, 3.05) is 19.7 Å². The van der Waals surface area contributed by atoms with Crippen molar-refractivity contribution in [1.82, 2.24) is 4.90 Å². The van der Waals surface area contributed by atoms with Gasteiger partial charge in [-0.25, -0.2) is 0 Å². The molecule has 0 spiro atoms. The minimum absolute atomic E-state index is 0.120. The van der Waals surface area contributed by atoms with E-state index < -0.39 is 11.4 Å². The van der Waals surface area contributed by atoms with E-state index in [2.05, 4.69) is 0 Å². The van der Waals surface area contributed by atoms with Crippen LogP contribution < -0.4 is 0 Å². The Balaban J connectivity index is 2.60.